The zero-order chi connectivity index (χ0) is 23.2. The highest BCUT2D eigenvalue weighted by atomic mass is 32.2. The summed E-state index contributed by atoms with van der Waals surface area (Å²) in [5, 5.41) is 10.0. The molecule has 0 heterocycles. The van der Waals surface area contributed by atoms with Gasteiger partial charge in [-0.2, -0.15) is 0 Å². The van der Waals surface area contributed by atoms with E-state index in [4.69, 9.17) is 15.9 Å². The number of nitrogens with two attached hydrogens (primary N) is 1. The monoisotopic (exact) mass is 446 g/mol. The van der Waals surface area contributed by atoms with Gasteiger partial charge in [0.15, 0.2) is 0 Å². The van der Waals surface area contributed by atoms with Crippen LogP contribution in [-0.2, 0) is 19.6 Å². The summed E-state index contributed by atoms with van der Waals surface area (Å²) in [5.41, 5.74) is 5.88. The van der Waals surface area contributed by atoms with Crippen molar-refractivity contribution in [1.82, 2.24) is 4.72 Å². The summed E-state index contributed by atoms with van der Waals surface area (Å²) in [4.78, 5) is 24.1. The van der Waals surface area contributed by atoms with Crippen LogP contribution in [0.3, 0.4) is 0 Å². The van der Waals surface area contributed by atoms with Crippen LogP contribution in [0.15, 0.2) is 53.4 Å². The number of amidine groups is 1. The number of carbonyl (C=O) groups excluding carboxylic acids is 2. The third-order valence-corrected chi connectivity index (χ3v) is 5.36. The van der Waals surface area contributed by atoms with E-state index >= 15 is 0 Å². The molecule has 10 heteroatoms. The van der Waals surface area contributed by atoms with Crippen LogP contribution in [0.25, 0.3) is 0 Å². The highest BCUT2D eigenvalue weighted by molar-refractivity contribution is 7.89. The standard InChI is InChI=1S/C21H26N4O5S/c1-21(2,3)30-20(27)14-7-9-16(10-8-14)25-18(26)11-12-24-31(28,29)17-6-4-5-15(13-17)19(22)23/h4-10,13,24H,11-12H2,1-3H3,(H3,22,23)(H,25,26). The Hall–Kier alpha value is -3.24. The second kappa shape index (κ2) is 9.71. The number of hydrogen-bond acceptors (Lipinski definition) is 6. The Morgan fingerprint density at radius 3 is 2.29 bits per heavy atom. The molecule has 0 aliphatic carbocycles. The largest absolute Gasteiger partial charge is 0.456 e. The highest BCUT2D eigenvalue weighted by Crippen LogP contribution is 2.15. The van der Waals surface area contributed by atoms with Gasteiger partial charge >= 0.3 is 5.97 Å². The van der Waals surface area contributed by atoms with E-state index in [1.165, 1.54) is 36.4 Å². The van der Waals surface area contributed by atoms with Gasteiger partial charge in [0.25, 0.3) is 0 Å². The number of carbonyl (C=O) groups is 2. The molecule has 0 aromatic heterocycles. The number of rotatable bonds is 8. The van der Waals surface area contributed by atoms with E-state index in [2.05, 4.69) is 10.0 Å². The van der Waals surface area contributed by atoms with Crippen molar-refractivity contribution in [2.45, 2.75) is 37.7 Å². The zero-order valence-electron chi connectivity index (χ0n) is 17.6. The van der Waals surface area contributed by atoms with Crippen molar-refractivity contribution in [3.05, 3.63) is 59.7 Å². The van der Waals surface area contributed by atoms with Gasteiger partial charge in [-0.1, -0.05) is 12.1 Å². The lowest BCUT2D eigenvalue weighted by atomic mass is 10.1. The van der Waals surface area contributed by atoms with Crippen molar-refractivity contribution < 1.29 is 22.7 Å². The number of nitrogen functional groups attached to an aromatic ring is 1. The molecule has 5 N–H and O–H groups in total. The van der Waals surface area contributed by atoms with Gasteiger partial charge in [0.2, 0.25) is 15.9 Å². The molecule has 2 rings (SSSR count). The predicted octanol–water partition coefficient (Wildman–Crippen LogP) is 2.23. The molecule has 0 saturated carbocycles. The Balaban J connectivity index is 1.88. The average Bonchev–Trinajstić information content (AvgIpc) is 2.67. The molecular formula is C21H26N4O5S. The van der Waals surface area contributed by atoms with Gasteiger partial charge in [-0.25, -0.2) is 17.9 Å². The second-order valence-corrected chi connectivity index (χ2v) is 9.48. The number of esters is 1. The molecule has 0 saturated heterocycles. The van der Waals surface area contributed by atoms with Crippen LogP contribution in [0.4, 0.5) is 5.69 Å². The maximum absolute atomic E-state index is 12.3. The molecule has 0 unspecified atom stereocenters. The lowest BCUT2D eigenvalue weighted by Gasteiger charge is -2.19. The van der Waals surface area contributed by atoms with E-state index < -0.39 is 27.5 Å². The first-order chi connectivity index (χ1) is 14.4. The summed E-state index contributed by atoms with van der Waals surface area (Å²) in [6.45, 7) is 5.20. The van der Waals surface area contributed by atoms with E-state index in [9.17, 15) is 18.0 Å². The van der Waals surface area contributed by atoms with Crippen molar-refractivity contribution in [2.24, 2.45) is 5.73 Å². The fourth-order valence-electron chi connectivity index (χ4n) is 2.46. The first kappa shape index (κ1) is 24.0. The van der Waals surface area contributed by atoms with E-state index in [1.54, 1.807) is 32.9 Å². The smallest absolute Gasteiger partial charge is 0.338 e. The minimum Gasteiger partial charge on any atom is -0.456 e. The molecule has 9 nitrogen and oxygen atoms in total. The molecule has 0 aliphatic heterocycles. The van der Waals surface area contributed by atoms with Crippen LogP contribution in [0.1, 0.15) is 43.1 Å². The molecule has 2 aromatic carbocycles. The normalized spacial score (nSPS) is 11.6. The van der Waals surface area contributed by atoms with Crippen molar-refractivity contribution in [3.8, 4) is 0 Å². The van der Waals surface area contributed by atoms with Crippen LogP contribution in [0.5, 0.6) is 0 Å². The Bertz CT molecular complexity index is 1070. The molecule has 1 amide bonds. The number of amides is 1. The number of hydrogen-bond donors (Lipinski definition) is 4. The van der Waals surface area contributed by atoms with Crippen molar-refractivity contribution in [2.75, 3.05) is 11.9 Å². The summed E-state index contributed by atoms with van der Waals surface area (Å²) in [6.07, 6.45) is -0.0978. The van der Waals surface area contributed by atoms with Gasteiger partial charge in [-0.3, -0.25) is 10.2 Å². The van der Waals surface area contributed by atoms with E-state index in [1.807, 2.05) is 0 Å². The minimum absolute atomic E-state index is 0.0432. The Morgan fingerprint density at radius 2 is 1.71 bits per heavy atom. The first-order valence-electron chi connectivity index (χ1n) is 9.45. The highest BCUT2D eigenvalue weighted by Gasteiger charge is 2.18. The SMILES string of the molecule is CC(C)(C)OC(=O)c1ccc(NC(=O)CCNS(=O)(=O)c2cccc(C(=N)N)c2)cc1. The maximum atomic E-state index is 12.3. The summed E-state index contributed by atoms with van der Waals surface area (Å²) in [7, 11) is -3.85. The average molecular weight is 447 g/mol. The van der Waals surface area contributed by atoms with E-state index in [0.717, 1.165) is 0 Å². The van der Waals surface area contributed by atoms with Crippen molar-refractivity contribution in [1.29, 1.82) is 5.41 Å². The molecule has 2 aromatic rings. The maximum Gasteiger partial charge on any atom is 0.338 e. The quantitative estimate of drug-likeness (QED) is 0.277. The number of nitrogens with one attached hydrogen (secondary N) is 3. The fraction of sp³-hybridized carbons (Fsp3) is 0.286. The van der Waals surface area contributed by atoms with Gasteiger partial charge in [-0.05, 0) is 57.2 Å². The lowest BCUT2D eigenvalue weighted by Crippen LogP contribution is -2.28. The molecule has 0 aliphatic rings. The summed E-state index contributed by atoms with van der Waals surface area (Å²) in [6, 6.07) is 11.9. The van der Waals surface area contributed by atoms with E-state index in [0.29, 0.717) is 11.3 Å². The van der Waals surface area contributed by atoms with Gasteiger partial charge in [0, 0.05) is 24.2 Å². The van der Waals surface area contributed by atoms with Crippen LogP contribution in [0, 0.1) is 5.41 Å². The lowest BCUT2D eigenvalue weighted by molar-refractivity contribution is -0.116. The number of benzene rings is 2. The Morgan fingerprint density at radius 1 is 1.06 bits per heavy atom. The van der Waals surface area contributed by atoms with Gasteiger partial charge in [-0.15, -0.1) is 0 Å². The Kier molecular flexibility index (Phi) is 7.53. The van der Waals surface area contributed by atoms with Crippen molar-refractivity contribution >= 4 is 33.4 Å². The third-order valence-electron chi connectivity index (χ3n) is 3.90. The molecule has 0 radical (unpaired) electrons. The zero-order valence-corrected chi connectivity index (χ0v) is 18.4. The molecule has 31 heavy (non-hydrogen) atoms. The molecular weight excluding hydrogens is 420 g/mol. The number of sulfonamides is 1. The van der Waals surface area contributed by atoms with Crippen LogP contribution < -0.4 is 15.8 Å². The van der Waals surface area contributed by atoms with Crippen LogP contribution in [0.2, 0.25) is 0 Å². The van der Waals surface area contributed by atoms with E-state index in [-0.39, 0.29) is 29.3 Å². The molecule has 0 atom stereocenters. The fourth-order valence-corrected chi connectivity index (χ4v) is 3.54. The number of ether oxygens (including phenoxy) is 1. The number of anilines is 1. The topological polar surface area (TPSA) is 151 Å². The van der Waals surface area contributed by atoms with Gasteiger partial charge in [0.05, 0.1) is 10.5 Å². The van der Waals surface area contributed by atoms with Gasteiger partial charge < -0.3 is 15.8 Å². The van der Waals surface area contributed by atoms with Crippen LogP contribution >= 0.6 is 0 Å². The second-order valence-electron chi connectivity index (χ2n) is 7.72. The molecule has 166 valence electrons. The summed E-state index contributed by atoms with van der Waals surface area (Å²) < 4.78 is 32.3. The summed E-state index contributed by atoms with van der Waals surface area (Å²) >= 11 is 0. The van der Waals surface area contributed by atoms with Gasteiger partial charge in [0.1, 0.15) is 11.4 Å². The predicted molar refractivity (Wildman–Crippen MR) is 118 cm³/mol. The first-order valence-corrected chi connectivity index (χ1v) is 10.9. The Labute approximate surface area is 181 Å². The van der Waals surface area contributed by atoms with Crippen molar-refractivity contribution in [3.63, 3.8) is 0 Å². The molecule has 0 spiro atoms. The van der Waals surface area contributed by atoms with Crippen LogP contribution in [-0.4, -0.2) is 38.3 Å². The minimum atomic E-state index is -3.85. The summed E-state index contributed by atoms with van der Waals surface area (Å²) in [5.74, 6) is -1.10. The molecule has 0 fully saturated rings. The third kappa shape index (κ3) is 7.50. The molecule has 0 bridgehead atoms.